The fourth-order valence-corrected chi connectivity index (χ4v) is 4.46. The smallest absolute Gasteiger partial charge is 0.334 e. The van der Waals surface area contributed by atoms with Gasteiger partial charge in [0.25, 0.3) is 10.0 Å². The van der Waals surface area contributed by atoms with E-state index in [1.165, 1.54) is 13.2 Å². The van der Waals surface area contributed by atoms with Crippen LogP contribution < -0.4 is 9.62 Å². The van der Waals surface area contributed by atoms with Crippen LogP contribution in [0.5, 0.6) is 0 Å². The van der Waals surface area contributed by atoms with E-state index in [2.05, 4.69) is 5.32 Å². The number of rotatable bonds is 6. The van der Waals surface area contributed by atoms with Crippen LogP contribution in [0.2, 0.25) is 0 Å². The summed E-state index contributed by atoms with van der Waals surface area (Å²) in [6, 6.07) is 10.1. The van der Waals surface area contributed by atoms with E-state index in [0.29, 0.717) is 11.1 Å². The standard InChI is InChI=1S/C16H16N2O6S/c1-24-12(16(20)21)8-17-14(19)9-18-11-6-2-4-10-5-3-7-13(15(10)11)25(18,22)23/h2-7,12H,8-9H2,1H3,(H,17,19)(H,20,21). The van der Waals surface area contributed by atoms with Crippen molar-refractivity contribution in [3.8, 4) is 0 Å². The molecule has 1 atom stereocenters. The third kappa shape index (κ3) is 2.92. The van der Waals surface area contributed by atoms with E-state index in [4.69, 9.17) is 9.84 Å². The molecule has 9 heteroatoms. The predicted molar refractivity (Wildman–Crippen MR) is 89.9 cm³/mol. The van der Waals surface area contributed by atoms with Crippen molar-refractivity contribution in [2.75, 3.05) is 24.5 Å². The minimum absolute atomic E-state index is 0.161. The van der Waals surface area contributed by atoms with Gasteiger partial charge in [0.1, 0.15) is 6.54 Å². The molecule has 132 valence electrons. The number of carbonyl (C=O) groups excluding carboxylic acids is 1. The zero-order valence-corrected chi connectivity index (χ0v) is 14.1. The maximum absolute atomic E-state index is 12.7. The van der Waals surface area contributed by atoms with Crippen LogP contribution in [0.3, 0.4) is 0 Å². The highest BCUT2D eigenvalue weighted by Gasteiger charge is 2.36. The van der Waals surface area contributed by atoms with Crippen molar-refractivity contribution >= 4 is 38.4 Å². The number of carboxylic acids is 1. The van der Waals surface area contributed by atoms with Gasteiger partial charge in [-0.3, -0.25) is 9.10 Å². The van der Waals surface area contributed by atoms with Crippen LogP contribution in [-0.4, -0.2) is 51.7 Å². The monoisotopic (exact) mass is 364 g/mol. The second-order valence-electron chi connectivity index (χ2n) is 5.51. The largest absolute Gasteiger partial charge is 0.479 e. The molecule has 0 aliphatic carbocycles. The van der Waals surface area contributed by atoms with Gasteiger partial charge < -0.3 is 15.2 Å². The molecule has 0 fully saturated rings. The van der Waals surface area contributed by atoms with E-state index in [9.17, 15) is 18.0 Å². The predicted octanol–water partition coefficient (Wildman–Crippen LogP) is 0.564. The summed E-state index contributed by atoms with van der Waals surface area (Å²) in [5, 5.41) is 12.6. The number of hydrogen-bond donors (Lipinski definition) is 2. The molecule has 1 heterocycles. The summed E-state index contributed by atoms with van der Waals surface area (Å²) in [5.41, 5.74) is 0.435. The van der Waals surface area contributed by atoms with E-state index in [-0.39, 0.29) is 11.4 Å². The molecule has 1 unspecified atom stereocenters. The van der Waals surface area contributed by atoms with E-state index in [1.807, 2.05) is 0 Å². The first-order chi connectivity index (χ1) is 11.9. The Morgan fingerprint density at radius 2 is 1.92 bits per heavy atom. The van der Waals surface area contributed by atoms with E-state index in [0.717, 1.165) is 9.69 Å². The molecule has 3 rings (SSSR count). The Bertz CT molecular complexity index is 951. The average Bonchev–Trinajstić information content (AvgIpc) is 2.79. The summed E-state index contributed by atoms with van der Waals surface area (Å²) in [6.07, 6.45) is -1.19. The maximum atomic E-state index is 12.7. The summed E-state index contributed by atoms with van der Waals surface area (Å²) in [5.74, 6) is -1.83. The van der Waals surface area contributed by atoms with Crippen LogP contribution >= 0.6 is 0 Å². The van der Waals surface area contributed by atoms with Gasteiger partial charge in [-0.2, -0.15) is 0 Å². The third-order valence-corrected chi connectivity index (χ3v) is 5.82. The fourth-order valence-electron chi connectivity index (χ4n) is 2.79. The van der Waals surface area contributed by atoms with Gasteiger partial charge in [-0.05, 0) is 17.5 Å². The number of methoxy groups -OCH3 is 1. The molecule has 0 bridgehead atoms. The number of carboxylic acid groups (broad SMARTS) is 1. The number of carbonyl (C=O) groups is 2. The van der Waals surface area contributed by atoms with Crippen LogP contribution in [0.4, 0.5) is 5.69 Å². The highest BCUT2D eigenvalue weighted by atomic mass is 32.2. The first kappa shape index (κ1) is 17.2. The highest BCUT2D eigenvalue weighted by Crippen LogP contribution is 2.41. The van der Waals surface area contributed by atoms with E-state index >= 15 is 0 Å². The Morgan fingerprint density at radius 1 is 1.24 bits per heavy atom. The molecule has 1 amide bonds. The topological polar surface area (TPSA) is 113 Å². The molecule has 2 aromatic rings. The van der Waals surface area contributed by atoms with Gasteiger partial charge in [0.2, 0.25) is 5.91 Å². The summed E-state index contributed by atoms with van der Waals surface area (Å²) in [6.45, 7) is -0.693. The molecule has 2 N–H and O–H groups in total. The number of nitrogens with zero attached hydrogens (tertiary/aromatic N) is 1. The van der Waals surface area contributed by atoms with Gasteiger partial charge >= 0.3 is 5.97 Å². The number of amides is 1. The SMILES string of the molecule is COC(CNC(=O)CN1c2cccc3cccc(c23)S1(=O)=O)C(=O)O. The molecular weight excluding hydrogens is 348 g/mol. The molecule has 0 saturated heterocycles. The van der Waals surface area contributed by atoms with Crippen molar-refractivity contribution in [3.05, 3.63) is 36.4 Å². The molecule has 1 aliphatic rings. The van der Waals surface area contributed by atoms with Crippen LogP contribution in [-0.2, 0) is 24.3 Å². The molecular formula is C16H16N2O6S. The summed E-state index contributed by atoms with van der Waals surface area (Å²) >= 11 is 0. The second-order valence-corrected chi connectivity index (χ2v) is 7.34. The van der Waals surface area contributed by atoms with Gasteiger partial charge in [-0.15, -0.1) is 0 Å². The molecule has 0 spiro atoms. The van der Waals surface area contributed by atoms with Crippen molar-refractivity contribution in [1.29, 1.82) is 0 Å². The van der Waals surface area contributed by atoms with Crippen molar-refractivity contribution in [2.24, 2.45) is 0 Å². The van der Waals surface area contributed by atoms with E-state index in [1.54, 1.807) is 30.3 Å². The lowest BCUT2D eigenvalue weighted by Crippen LogP contribution is -2.43. The first-order valence-corrected chi connectivity index (χ1v) is 8.87. The molecule has 0 radical (unpaired) electrons. The average molecular weight is 364 g/mol. The Morgan fingerprint density at radius 3 is 2.56 bits per heavy atom. The van der Waals surface area contributed by atoms with Crippen molar-refractivity contribution < 1.29 is 27.9 Å². The lowest BCUT2D eigenvalue weighted by Gasteiger charge is -2.19. The molecule has 1 aliphatic heterocycles. The van der Waals surface area contributed by atoms with E-state index < -0.39 is 34.5 Å². The zero-order chi connectivity index (χ0) is 18.2. The number of benzene rings is 2. The molecule has 25 heavy (non-hydrogen) atoms. The quantitative estimate of drug-likeness (QED) is 0.775. The Labute approximate surface area is 144 Å². The third-order valence-electron chi connectivity index (χ3n) is 4.01. The van der Waals surface area contributed by atoms with Crippen LogP contribution in [0, 0.1) is 0 Å². The number of nitrogens with one attached hydrogen (secondary N) is 1. The van der Waals surface area contributed by atoms with Gasteiger partial charge in [0, 0.05) is 12.5 Å². The Balaban J connectivity index is 1.84. The number of anilines is 1. The number of aliphatic carboxylic acids is 1. The van der Waals surface area contributed by atoms with Crippen molar-refractivity contribution in [3.63, 3.8) is 0 Å². The van der Waals surface area contributed by atoms with Crippen molar-refractivity contribution in [2.45, 2.75) is 11.0 Å². The maximum Gasteiger partial charge on any atom is 0.334 e. The summed E-state index contributed by atoms with van der Waals surface area (Å²) < 4.78 is 31.2. The first-order valence-electron chi connectivity index (χ1n) is 7.43. The molecule has 2 aromatic carbocycles. The second kappa shape index (κ2) is 6.34. The van der Waals surface area contributed by atoms with Crippen LogP contribution in [0.25, 0.3) is 10.8 Å². The normalized spacial score (nSPS) is 16.0. The minimum atomic E-state index is -3.83. The zero-order valence-electron chi connectivity index (χ0n) is 13.3. The molecule has 0 aromatic heterocycles. The Hall–Kier alpha value is -2.65. The lowest BCUT2D eigenvalue weighted by atomic mass is 10.1. The van der Waals surface area contributed by atoms with Gasteiger partial charge in [-0.25, -0.2) is 13.2 Å². The highest BCUT2D eigenvalue weighted by molar-refractivity contribution is 7.93. The van der Waals surface area contributed by atoms with Crippen LogP contribution in [0.1, 0.15) is 0 Å². The minimum Gasteiger partial charge on any atom is -0.479 e. The summed E-state index contributed by atoms with van der Waals surface area (Å²) in [4.78, 5) is 23.2. The number of sulfonamides is 1. The lowest BCUT2D eigenvalue weighted by molar-refractivity contribution is -0.148. The molecule has 0 saturated carbocycles. The number of ether oxygens (including phenoxy) is 1. The Kier molecular flexibility index (Phi) is 4.36. The van der Waals surface area contributed by atoms with Crippen LogP contribution in [0.15, 0.2) is 41.3 Å². The fraction of sp³-hybridized carbons (Fsp3) is 0.250. The van der Waals surface area contributed by atoms with Gasteiger partial charge in [0.15, 0.2) is 6.10 Å². The van der Waals surface area contributed by atoms with Gasteiger partial charge in [0.05, 0.1) is 17.1 Å². The van der Waals surface area contributed by atoms with Gasteiger partial charge in [-0.1, -0.05) is 24.3 Å². The summed E-state index contributed by atoms with van der Waals surface area (Å²) in [7, 11) is -2.61. The van der Waals surface area contributed by atoms with Crippen molar-refractivity contribution in [1.82, 2.24) is 5.32 Å². The number of hydrogen-bond acceptors (Lipinski definition) is 5. The molecule has 8 nitrogen and oxygen atoms in total.